The fraction of sp³-hybridized carbons (Fsp3) is 0.385. The molecule has 0 atom stereocenters. The van der Waals surface area contributed by atoms with Crippen molar-refractivity contribution in [2.45, 2.75) is 33.1 Å². The maximum atomic E-state index is 10.4. The first kappa shape index (κ1) is 12.4. The van der Waals surface area contributed by atoms with E-state index in [2.05, 4.69) is 6.92 Å². The summed E-state index contributed by atoms with van der Waals surface area (Å²) in [5, 5.41) is 10.4. The minimum Gasteiger partial charge on any atom is -0.259 e. The summed E-state index contributed by atoms with van der Waals surface area (Å²) in [6, 6.07) is 7.93. The predicted molar refractivity (Wildman–Crippen MR) is 65.7 cm³/mol. The molecule has 0 unspecified atom stereocenters. The molecule has 0 aromatic heterocycles. The van der Waals surface area contributed by atoms with Gasteiger partial charge < -0.3 is 0 Å². The molecule has 1 aromatic carbocycles. The van der Waals surface area contributed by atoms with Gasteiger partial charge in [-0.25, -0.2) is 0 Å². The van der Waals surface area contributed by atoms with E-state index in [9.17, 15) is 10.1 Å². The second-order valence-electron chi connectivity index (χ2n) is 3.89. The van der Waals surface area contributed by atoms with E-state index in [1.807, 2.05) is 24.3 Å². The van der Waals surface area contributed by atoms with E-state index in [1.165, 1.54) is 25.3 Å². The number of aryl methyl sites for hydroxylation is 1. The van der Waals surface area contributed by atoms with Crippen molar-refractivity contribution in [2.75, 3.05) is 0 Å². The molecule has 16 heavy (non-hydrogen) atoms. The van der Waals surface area contributed by atoms with Crippen LogP contribution in [-0.4, -0.2) is 4.92 Å². The van der Waals surface area contributed by atoms with Crippen LogP contribution in [-0.2, 0) is 6.42 Å². The number of nitro groups is 1. The Morgan fingerprint density at radius 2 is 2.00 bits per heavy atom. The molecule has 0 N–H and O–H groups in total. The van der Waals surface area contributed by atoms with Crippen LogP contribution in [0.4, 0.5) is 0 Å². The van der Waals surface area contributed by atoms with Crippen molar-refractivity contribution in [3.63, 3.8) is 0 Å². The highest BCUT2D eigenvalue weighted by Crippen LogP contribution is 2.11. The summed E-state index contributed by atoms with van der Waals surface area (Å²) >= 11 is 0. The Balaban J connectivity index is 2.71. The van der Waals surface area contributed by atoms with Crippen LogP contribution in [0.3, 0.4) is 0 Å². The molecular weight excluding hydrogens is 202 g/mol. The van der Waals surface area contributed by atoms with Gasteiger partial charge in [0.15, 0.2) is 0 Å². The van der Waals surface area contributed by atoms with Crippen molar-refractivity contribution < 1.29 is 4.92 Å². The second-order valence-corrected chi connectivity index (χ2v) is 3.89. The first-order valence-corrected chi connectivity index (χ1v) is 5.55. The number of nitrogens with zero attached hydrogens (tertiary/aromatic N) is 1. The average molecular weight is 219 g/mol. The fourth-order valence-electron chi connectivity index (χ4n) is 1.46. The van der Waals surface area contributed by atoms with E-state index in [4.69, 9.17) is 0 Å². The van der Waals surface area contributed by atoms with Crippen molar-refractivity contribution in [1.29, 1.82) is 0 Å². The van der Waals surface area contributed by atoms with Crippen molar-refractivity contribution in [2.24, 2.45) is 0 Å². The van der Waals surface area contributed by atoms with E-state index in [-0.39, 0.29) is 10.6 Å². The molecule has 3 nitrogen and oxygen atoms in total. The van der Waals surface area contributed by atoms with Crippen LogP contribution in [0.2, 0.25) is 0 Å². The maximum absolute atomic E-state index is 10.4. The highest BCUT2D eigenvalue weighted by atomic mass is 16.6. The third kappa shape index (κ3) is 3.85. The van der Waals surface area contributed by atoms with Gasteiger partial charge in [0.1, 0.15) is 0 Å². The molecule has 0 aliphatic carbocycles. The van der Waals surface area contributed by atoms with Gasteiger partial charge in [-0.2, -0.15) is 0 Å². The molecular formula is C13H17NO2. The summed E-state index contributed by atoms with van der Waals surface area (Å²) in [6.45, 7) is 3.67. The van der Waals surface area contributed by atoms with Crippen LogP contribution in [0.5, 0.6) is 0 Å². The molecule has 3 heteroatoms. The van der Waals surface area contributed by atoms with Crippen LogP contribution in [0.25, 0.3) is 6.08 Å². The minimum absolute atomic E-state index is 0.168. The van der Waals surface area contributed by atoms with Crippen LogP contribution in [0, 0.1) is 10.1 Å². The normalized spacial score (nSPS) is 11.5. The predicted octanol–water partition coefficient (Wildman–Crippen LogP) is 3.67. The third-order valence-corrected chi connectivity index (χ3v) is 2.46. The van der Waals surface area contributed by atoms with Gasteiger partial charge in [0.25, 0.3) is 0 Å². The van der Waals surface area contributed by atoms with Crippen LogP contribution in [0.15, 0.2) is 30.0 Å². The molecule has 0 saturated carbocycles. The van der Waals surface area contributed by atoms with Crippen LogP contribution >= 0.6 is 0 Å². The average Bonchev–Trinajstić information content (AvgIpc) is 2.28. The quantitative estimate of drug-likeness (QED) is 0.560. The largest absolute Gasteiger partial charge is 0.259 e. The standard InChI is InChI=1S/C13H17NO2/c1-3-4-5-12-6-8-13(9-7-12)10-11(2)14(15)16/h6-10H,3-5H2,1-2H3/b11-10+. The highest BCUT2D eigenvalue weighted by Gasteiger charge is 2.01. The van der Waals surface area contributed by atoms with E-state index in [0.29, 0.717) is 0 Å². The monoisotopic (exact) mass is 219 g/mol. The van der Waals surface area contributed by atoms with Crippen molar-refractivity contribution in [3.8, 4) is 0 Å². The lowest BCUT2D eigenvalue weighted by atomic mass is 10.1. The Hall–Kier alpha value is -1.64. The smallest absolute Gasteiger partial charge is 0.243 e. The molecule has 0 aliphatic heterocycles. The molecule has 0 spiro atoms. The second kappa shape index (κ2) is 6.05. The Morgan fingerprint density at radius 3 is 2.50 bits per heavy atom. The summed E-state index contributed by atoms with van der Waals surface area (Å²) in [5.41, 5.74) is 2.34. The van der Waals surface area contributed by atoms with Gasteiger partial charge in [0.05, 0.1) is 4.92 Å². The number of benzene rings is 1. The molecule has 86 valence electrons. The molecule has 1 rings (SSSR count). The molecule has 0 amide bonds. The van der Waals surface area contributed by atoms with Gasteiger partial charge in [-0.15, -0.1) is 0 Å². The van der Waals surface area contributed by atoms with Gasteiger partial charge in [0, 0.05) is 13.0 Å². The Morgan fingerprint density at radius 1 is 1.38 bits per heavy atom. The number of rotatable bonds is 5. The summed E-state index contributed by atoms with van der Waals surface area (Å²) in [7, 11) is 0. The highest BCUT2D eigenvalue weighted by molar-refractivity contribution is 5.51. The van der Waals surface area contributed by atoms with E-state index >= 15 is 0 Å². The molecule has 0 saturated heterocycles. The molecule has 0 heterocycles. The number of unbranched alkanes of at least 4 members (excludes halogenated alkanes) is 1. The SMILES string of the molecule is CCCCc1ccc(/C=C(\C)[N+](=O)[O-])cc1. The summed E-state index contributed by atoms with van der Waals surface area (Å²) in [6.07, 6.45) is 5.03. The molecule has 0 fully saturated rings. The summed E-state index contributed by atoms with van der Waals surface area (Å²) in [5.74, 6) is 0. The summed E-state index contributed by atoms with van der Waals surface area (Å²) < 4.78 is 0. The van der Waals surface area contributed by atoms with Gasteiger partial charge in [-0.1, -0.05) is 37.6 Å². The maximum Gasteiger partial charge on any atom is 0.243 e. The fourth-order valence-corrected chi connectivity index (χ4v) is 1.46. The zero-order chi connectivity index (χ0) is 12.0. The first-order chi connectivity index (χ1) is 7.63. The van der Waals surface area contributed by atoms with Crippen molar-refractivity contribution in [1.82, 2.24) is 0 Å². The molecule has 0 bridgehead atoms. The van der Waals surface area contributed by atoms with E-state index in [0.717, 1.165) is 12.0 Å². The Bertz CT molecular complexity index is 379. The molecule has 0 aliphatic rings. The van der Waals surface area contributed by atoms with Crippen molar-refractivity contribution in [3.05, 3.63) is 51.2 Å². The number of hydrogen-bond donors (Lipinski definition) is 0. The molecule has 1 aromatic rings. The van der Waals surface area contributed by atoms with E-state index < -0.39 is 0 Å². The third-order valence-electron chi connectivity index (χ3n) is 2.46. The van der Waals surface area contributed by atoms with Gasteiger partial charge in [-0.3, -0.25) is 10.1 Å². The Labute approximate surface area is 95.9 Å². The summed E-state index contributed by atoms with van der Waals surface area (Å²) in [4.78, 5) is 10.1. The lowest BCUT2D eigenvalue weighted by molar-refractivity contribution is -0.422. The first-order valence-electron chi connectivity index (χ1n) is 5.55. The number of hydrogen-bond acceptors (Lipinski definition) is 2. The lowest BCUT2D eigenvalue weighted by Gasteiger charge is -2.00. The van der Waals surface area contributed by atoms with Gasteiger partial charge in [0.2, 0.25) is 5.70 Å². The molecule has 0 radical (unpaired) electrons. The zero-order valence-electron chi connectivity index (χ0n) is 9.77. The zero-order valence-corrected chi connectivity index (χ0v) is 9.77. The number of allylic oxidation sites excluding steroid dienone is 1. The van der Waals surface area contributed by atoms with Crippen LogP contribution < -0.4 is 0 Å². The van der Waals surface area contributed by atoms with E-state index in [1.54, 1.807) is 6.08 Å². The minimum atomic E-state index is -0.370. The topological polar surface area (TPSA) is 43.1 Å². The van der Waals surface area contributed by atoms with Gasteiger partial charge in [-0.05, 0) is 24.0 Å². The lowest BCUT2D eigenvalue weighted by Crippen LogP contribution is -1.93. The van der Waals surface area contributed by atoms with Crippen LogP contribution in [0.1, 0.15) is 37.8 Å². The van der Waals surface area contributed by atoms with Gasteiger partial charge >= 0.3 is 0 Å². The Kier molecular flexibility index (Phi) is 4.70. The van der Waals surface area contributed by atoms with Crippen molar-refractivity contribution >= 4 is 6.08 Å².